The Bertz CT molecular complexity index is 348. The average molecular weight is 234 g/mol. The van der Waals surface area contributed by atoms with Gasteiger partial charge in [-0.2, -0.15) is 0 Å². The highest BCUT2D eigenvalue weighted by Gasteiger charge is 2.14. The van der Waals surface area contributed by atoms with Crippen LogP contribution in [0.1, 0.15) is 12.8 Å². The molecule has 0 radical (unpaired) electrons. The minimum absolute atomic E-state index is 0.00249. The molecule has 0 aromatic heterocycles. The van der Waals surface area contributed by atoms with Crippen molar-refractivity contribution in [3.8, 4) is 0 Å². The number of para-hydroxylation sites is 1. The van der Waals surface area contributed by atoms with Gasteiger partial charge in [-0.15, -0.1) is 0 Å². The minimum atomic E-state index is 0.00249. The van der Waals surface area contributed by atoms with E-state index in [4.69, 9.17) is 4.74 Å². The van der Waals surface area contributed by atoms with Gasteiger partial charge in [-0.3, -0.25) is 4.79 Å². The SMILES string of the molecule is O=C(CNC1CCOCC1)Nc1ccccc1. The van der Waals surface area contributed by atoms with Crippen molar-refractivity contribution in [1.29, 1.82) is 0 Å². The normalized spacial score (nSPS) is 16.7. The molecular formula is C13H18N2O2. The Kier molecular flexibility index (Phi) is 4.53. The molecule has 0 spiro atoms. The number of hydrogen-bond donors (Lipinski definition) is 2. The Morgan fingerprint density at radius 1 is 1.24 bits per heavy atom. The molecule has 1 heterocycles. The summed E-state index contributed by atoms with van der Waals surface area (Å²) in [4.78, 5) is 11.7. The maximum atomic E-state index is 11.7. The fourth-order valence-electron chi connectivity index (χ4n) is 1.87. The quantitative estimate of drug-likeness (QED) is 0.827. The van der Waals surface area contributed by atoms with E-state index >= 15 is 0 Å². The Morgan fingerprint density at radius 2 is 1.94 bits per heavy atom. The van der Waals surface area contributed by atoms with Gasteiger partial charge in [-0.05, 0) is 25.0 Å². The summed E-state index contributed by atoms with van der Waals surface area (Å²) in [5, 5.41) is 6.10. The Morgan fingerprint density at radius 3 is 2.65 bits per heavy atom. The molecule has 1 aromatic carbocycles. The first-order chi connectivity index (χ1) is 8.34. The number of rotatable bonds is 4. The summed E-state index contributed by atoms with van der Waals surface area (Å²) >= 11 is 0. The second kappa shape index (κ2) is 6.37. The smallest absolute Gasteiger partial charge is 0.238 e. The predicted octanol–water partition coefficient (Wildman–Crippen LogP) is 1.39. The zero-order valence-electron chi connectivity index (χ0n) is 9.82. The molecule has 4 nitrogen and oxygen atoms in total. The lowest BCUT2D eigenvalue weighted by molar-refractivity contribution is -0.115. The van der Waals surface area contributed by atoms with Crippen LogP contribution in [0.2, 0.25) is 0 Å². The van der Waals surface area contributed by atoms with E-state index in [1.54, 1.807) is 0 Å². The number of ether oxygens (including phenoxy) is 1. The largest absolute Gasteiger partial charge is 0.381 e. The lowest BCUT2D eigenvalue weighted by Crippen LogP contribution is -2.39. The van der Waals surface area contributed by atoms with Gasteiger partial charge in [-0.1, -0.05) is 18.2 Å². The van der Waals surface area contributed by atoms with Crippen LogP contribution in [0.5, 0.6) is 0 Å². The van der Waals surface area contributed by atoms with Crippen molar-refractivity contribution < 1.29 is 9.53 Å². The van der Waals surface area contributed by atoms with Gasteiger partial charge in [0.15, 0.2) is 0 Å². The molecule has 4 heteroatoms. The number of nitrogens with one attached hydrogen (secondary N) is 2. The van der Waals surface area contributed by atoms with Crippen molar-refractivity contribution in [3.05, 3.63) is 30.3 Å². The minimum Gasteiger partial charge on any atom is -0.381 e. The number of benzene rings is 1. The maximum Gasteiger partial charge on any atom is 0.238 e. The molecule has 0 bridgehead atoms. The van der Waals surface area contributed by atoms with E-state index in [2.05, 4.69) is 10.6 Å². The van der Waals surface area contributed by atoms with Gasteiger partial charge >= 0.3 is 0 Å². The van der Waals surface area contributed by atoms with Crippen LogP contribution in [0, 0.1) is 0 Å². The molecule has 17 heavy (non-hydrogen) atoms. The maximum absolute atomic E-state index is 11.7. The Hall–Kier alpha value is -1.39. The van der Waals surface area contributed by atoms with Crippen molar-refractivity contribution in [2.75, 3.05) is 25.1 Å². The van der Waals surface area contributed by atoms with E-state index in [-0.39, 0.29) is 5.91 Å². The second-order valence-corrected chi connectivity index (χ2v) is 4.18. The molecule has 92 valence electrons. The third-order valence-electron chi connectivity index (χ3n) is 2.83. The molecule has 1 fully saturated rings. The molecule has 1 aliphatic heterocycles. The monoisotopic (exact) mass is 234 g/mol. The summed E-state index contributed by atoms with van der Waals surface area (Å²) in [6.07, 6.45) is 1.97. The van der Waals surface area contributed by atoms with Gasteiger partial charge in [0.25, 0.3) is 0 Å². The molecule has 0 atom stereocenters. The van der Waals surface area contributed by atoms with E-state index in [0.29, 0.717) is 12.6 Å². The number of anilines is 1. The number of carbonyl (C=O) groups excluding carboxylic acids is 1. The van der Waals surface area contributed by atoms with Gasteiger partial charge in [0.1, 0.15) is 0 Å². The van der Waals surface area contributed by atoms with Crippen molar-refractivity contribution in [2.45, 2.75) is 18.9 Å². The van der Waals surface area contributed by atoms with E-state index < -0.39 is 0 Å². The van der Waals surface area contributed by atoms with E-state index in [9.17, 15) is 4.79 Å². The van der Waals surface area contributed by atoms with Crippen LogP contribution >= 0.6 is 0 Å². The van der Waals surface area contributed by atoms with E-state index in [0.717, 1.165) is 31.7 Å². The fourth-order valence-corrected chi connectivity index (χ4v) is 1.87. The fraction of sp³-hybridized carbons (Fsp3) is 0.462. The number of carbonyl (C=O) groups is 1. The second-order valence-electron chi connectivity index (χ2n) is 4.18. The van der Waals surface area contributed by atoms with Crippen molar-refractivity contribution in [1.82, 2.24) is 5.32 Å². The highest BCUT2D eigenvalue weighted by Crippen LogP contribution is 2.06. The van der Waals surface area contributed by atoms with Gasteiger partial charge < -0.3 is 15.4 Å². The first-order valence-electron chi connectivity index (χ1n) is 6.00. The molecular weight excluding hydrogens is 216 g/mol. The summed E-state index contributed by atoms with van der Waals surface area (Å²) in [5.74, 6) is 0.00249. The van der Waals surface area contributed by atoms with Crippen LogP contribution in [-0.4, -0.2) is 31.7 Å². The summed E-state index contributed by atoms with van der Waals surface area (Å²) < 4.78 is 5.26. The first kappa shape index (κ1) is 12.1. The van der Waals surface area contributed by atoms with Crippen molar-refractivity contribution >= 4 is 11.6 Å². The topological polar surface area (TPSA) is 50.4 Å². The van der Waals surface area contributed by atoms with Gasteiger partial charge in [-0.25, -0.2) is 0 Å². The Balaban J connectivity index is 1.70. The summed E-state index contributed by atoms with van der Waals surface area (Å²) in [6, 6.07) is 9.91. The zero-order chi connectivity index (χ0) is 11.9. The van der Waals surface area contributed by atoms with Crippen molar-refractivity contribution in [3.63, 3.8) is 0 Å². The van der Waals surface area contributed by atoms with Crippen LogP contribution in [0.4, 0.5) is 5.69 Å². The van der Waals surface area contributed by atoms with Crippen LogP contribution in [-0.2, 0) is 9.53 Å². The molecule has 0 saturated carbocycles. The van der Waals surface area contributed by atoms with E-state index in [1.807, 2.05) is 30.3 Å². The summed E-state index contributed by atoms with van der Waals surface area (Å²) in [6.45, 7) is 1.94. The summed E-state index contributed by atoms with van der Waals surface area (Å²) in [7, 11) is 0. The van der Waals surface area contributed by atoms with Crippen LogP contribution in [0.15, 0.2) is 30.3 Å². The molecule has 2 rings (SSSR count). The number of hydrogen-bond acceptors (Lipinski definition) is 3. The summed E-state index contributed by atoms with van der Waals surface area (Å²) in [5.41, 5.74) is 0.839. The molecule has 0 aliphatic carbocycles. The van der Waals surface area contributed by atoms with Gasteiger partial charge in [0.2, 0.25) is 5.91 Å². The highest BCUT2D eigenvalue weighted by molar-refractivity contribution is 5.92. The highest BCUT2D eigenvalue weighted by atomic mass is 16.5. The Labute approximate surface area is 101 Å². The van der Waals surface area contributed by atoms with E-state index in [1.165, 1.54) is 0 Å². The van der Waals surface area contributed by atoms with Crippen molar-refractivity contribution in [2.24, 2.45) is 0 Å². The lowest BCUT2D eigenvalue weighted by atomic mass is 10.1. The van der Waals surface area contributed by atoms with Crippen LogP contribution in [0.3, 0.4) is 0 Å². The molecule has 2 N–H and O–H groups in total. The number of amides is 1. The predicted molar refractivity (Wildman–Crippen MR) is 66.9 cm³/mol. The third-order valence-corrected chi connectivity index (χ3v) is 2.83. The van der Waals surface area contributed by atoms with Crippen LogP contribution < -0.4 is 10.6 Å². The zero-order valence-corrected chi connectivity index (χ0v) is 9.82. The molecule has 1 aliphatic rings. The van der Waals surface area contributed by atoms with Crippen LogP contribution in [0.25, 0.3) is 0 Å². The molecule has 0 unspecified atom stereocenters. The molecule has 1 saturated heterocycles. The first-order valence-corrected chi connectivity index (χ1v) is 6.00. The van der Waals surface area contributed by atoms with Gasteiger partial charge in [0, 0.05) is 24.9 Å². The third kappa shape index (κ3) is 4.17. The van der Waals surface area contributed by atoms with Gasteiger partial charge in [0.05, 0.1) is 6.54 Å². The standard InChI is InChI=1S/C13H18N2O2/c16-13(15-12-4-2-1-3-5-12)10-14-11-6-8-17-9-7-11/h1-5,11,14H,6-10H2,(H,15,16). The average Bonchev–Trinajstić information content (AvgIpc) is 2.39. The molecule has 1 aromatic rings. The molecule has 1 amide bonds. The lowest BCUT2D eigenvalue weighted by Gasteiger charge is -2.22.